The highest BCUT2D eigenvalue weighted by atomic mass is 79.9. The number of halogens is 1. The maximum Gasteiger partial charge on any atom is 0.0247 e. The Morgan fingerprint density at radius 2 is 2.00 bits per heavy atom. The van der Waals surface area contributed by atoms with Crippen molar-refractivity contribution in [1.82, 2.24) is 0 Å². The number of hydrogen-bond donors (Lipinski definition) is 0. The zero-order valence-electron chi connectivity index (χ0n) is 7.70. The Balaban J connectivity index is 2.68. The summed E-state index contributed by atoms with van der Waals surface area (Å²) in [4.78, 5) is 0. The van der Waals surface area contributed by atoms with Gasteiger partial charge in [-0.15, -0.1) is 0 Å². The van der Waals surface area contributed by atoms with Crippen LogP contribution in [0, 0.1) is 0 Å². The molecule has 0 heterocycles. The summed E-state index contributed by atoms with van der Waals surface area (Å²) in [5, 5.41) is 0. The topological polar surface area (TPSA) is 0 Å². The van der Waals surface area contributed by atoms with Crippen LogP contribution < -0.4 is 0 Å². The van der Waals surface area contributed by atoms with E-state index in [2.05, 4.69) is 53.2 Å². The highest BCUT2D eigenvalue weighted by Gasteiger charge is 1.90. The van der Waals surface area contributed by atoms with Gasteiger partial charge in [0.2, 0.25) is 0 Å². The molecule has 0 atom stereocenters. The second kappa shape index (κ2) is 5.76. The Morgan fingerprint density at radius 1 is 1.23 bits per heavy atom. The van der Waals surface area contributed by atoms with Crippen LogP contribution in [0.4, 0.5) is 0 Å². The van der Waals surface area contributed by atoms with Gasteiger partial charge in [0, 0.05) is 4.47 Å². The zero-order valence-corrected chi connectivity index (χ0v) is 9.29. The summed E-state index contributed by atoms with van der Waals surface area (Å²) >= 11 is 3.49. The molecule has 0 aliphatic carbocycles. The summed E-state index contributed by atoms with van der Waals surface area (Å²) in [5.41, 5.74) is 1.21. The van der Waals surface area contributed by atoms with Gasteiger partial charge in [0.05, 0.1) is 0 Å². The maximum absolute atomic E-state index is 3.49. The van der Waals surface area contributed by atoms with E-state index in [1.807, 2.05) is 18.2 Å². The normalized spacial score (nSPS) is 11.5. The summed E-state index contributed by atoms with van der Waals surface area (Å²) < 4.78 is 1.14. The molecule has 0 radical (unpaired) electrons. The van der Waals surface area contributed by atoms with Gasteiger partial charge in [0.1, 0.15) is 0 Å². The van der Waals surface area contributed by atoms with E-state index < -0.39 is 0 Å². The summed E-state index contributed by atoms with van der Waals surface area (Å²) in [6.07, 6.45) is 9.44. The van der Waals surface area contributed by atoms with Crippen LogP contribution in [0.1, 0.15) is 18.9 Å². The van der Waals surface area contributed by atoms with E-state index >= 15 is 0 Å². The summed E-state index contributed by atoms with van der Waals surface area (Å²) in [6, 6.07) is 8.18. The molecule has 0 aromatic heterocycles. The Bertz CT molecular complexity index is 311. The van der Waals surface area contributed by atoms with Crippen molar-refractivity contribution in [3.63, 3.8) is 0 Å². The third kappa shape index (κ3) is 3.60. The SMILES string of the molecule is CC/C=C\C=C\c1ccccc1Br. The lowest BCUT2D eigenvalue weighted by atomic mass is 10.2. The lowest BCUT2D eigenvalue weighted by Gasteiger charge is -1.94. The van der Waals surface area contributed by atoms with Crippen LogP contribution in [-0.2, 0) is 0 Å². The van der Waals surface area contributed by atoms with E-state index in [1.54, 1.807) is 0 Å². The third-order valence-electron chi connectivity index (χ3n) is 1.66. The quantitative estimate of drug-likeness (QED) is 0.682. The van der Waals surface area contributed by atoms with Crippen LogP contribution in [0.15, 0.2) is 47.0 Å². The Morgan fingerprint density at radius 3 is 2.69 bits per heavy atom. The fourth-order valence-electron chi connectivity index (χ4n) is 0.984. The molecule has 0 bridgehead atoms. The van der Waals surface area contributed by atoms with E-state index in [0.717, 1.165) is 10.9 Å². The van der Waals surface area contributed by atoms with E-state index in [0.29, 0.717) is 0 Å². The molecule has 1 aromatic carbocycles. The lowest BCUT2D eigenvalue weighted by Crippen LogP contribution is -1.72. The van der Waals surface area contributed by atoms with Crippen LogP contribution in [0.2, 0.25) is 0 Å². The predicted octanol–water partition coefficient (Wildman–Crippen LogP) is 4.43. The molecule has 0 nitrogen and oxygen atoms in total. The van der Waals surface area contributed by atoms with Crippen molar-refractivity contribution < 1.29 is 0 Å². The van der Waals surface area contributed by atoms with Gasteiger partial charge in [-0.2, -0.15) is 0 Å². The first-order valence-electron chi connectivity index (χ1n) is 4.42. The molecule has 0 spiro atoms. The largest absolute Gasteiger partial charge is 0.0848 e. The molecule has 0 saturated heterocycles. The first kappa shape index (κ1) is 10.3. The first-order chi connectivity index (χ1) is 6.34. The van der Waals surface area contributed by atoms with Gasteiger partial charge in [-0.05, 0) is 18.1 Å². The van der Waals surface area contributed by atoms with Crippen molar-refractivity contribution in [3.8, 4) is 0 Å². The standard InChI is InChI=1S/C12H13Br/c1-2-3-4-5-8-11-9-6-7-10-12(11)13/h3-10H,2H2,1H3/b4-3-,8-5+. The molecular formula is C12H13Br. The van der Waals surface area contributed by atoms with Gasteiger partial charge in [-0.3, -0.25) is 0 Å². The molecule has 68 valence electrons. The van der Waals surface area contributed by atoms with Crippen LogP contribution in [-0.4, -0.2) is 0 Å². The maximum atomic E-state index is 3.49. The Hall–Kier alpha value is -0.820. The van der Waals surface area contributed by atoms with E-state index in [4.69, 9.17) is 0 Å². The molecule has 0 amide bonds. The minimum absolute atomic E-state index is 1.08. The molecule has 1 aromatic rings. The van der Waals surface area contributed by atoms with E-state index in [9.17, 15) is 0 Å². The monoisotopic (exact) mass is 236 g/mol. The number of allylic oxidation sites excluding steroid dienone is 3. The molecule has 13 heavy (non-hydrogen) atoms. The van der Waals surface area contributed by atoms with Crippen LogP contribution in [0.3, 0.4) is 0 Å². The van der Waals surface area contributed by atoms with Crippen LogP contribution in [0.5, 0.6) is 0 Å². The Kier molecular flexibility index (Phi) is 4.55. The summed E-state index contributed by atoms with van der Waals surface area (Å²) in [5.74, 6) is 0. The van der Waals surface area contributed by atoms with Gasteiger partial charge >= 0.3 is 0 Å². The minimum Gasteiger partial charge on any atom is -0.0848 e. The molecule has 1 heteroatoms. The van der Waals surface area contributed by atoms with Gasteiger partial charge in [-0.1, -0.05) is 65.4 Å². The first-order valence-corrected chi connectivity index (χ1v) is 5.21. The molecule has 0 fully saturated rings. The molecule has 0 aliphatic heterocycles. The summed E-state index contributed by atoms with van der Waals surface area (Å²) in [7, 11) is 0. The van der Waals surface area contributed by atoms with Crippen molar-refractivity contribution in [2.24, 2.45) is 0 Å². The summed E-state index contributed by atoms with van der Waals surface area (Å²) in [6.45, 7) is 2.13. The second-order valence-electron chi connectivity index (χ2n) is 2.72. The van der Waals surface area contributed by atoms with E-state index in [-0.39, 0.29) is 0 Å². The predicted molar refractivity (Wildman–Crippen MR) is 62.6 cm³/mol. The van der Waals surface area contributed by atoms with Crippen molar-refractivity contribution in [2.75, 3.05) is 0 Å². The molecule has 0 N–H and O–H groups in total. The fraction of sp³-hybridized carbons (Fsp3) is 0.167. The van der Waals surface area contributed by atoms with Gasteiger partial charge in [0.25, 0.3) is 0 Å². The number of rotatable bonds is 3. The fourth-order valence-corrected chi connectivity index (χ4v) is 1.40. The minimum atomic E-state index is 1.08. The zero-order chi connectivity index (χ0) is 9.52. The van der Waals surface area contributed by atoms with Gasteiger partial charge < -0.3 is 0 Å². The molecule has 0 saturated carbocycles. The van der Waals surface area contributed by atoms with Crippen LogP contribution >= 0.6 is 15.9 Å². The molecule has 0 aliphatic rings. The van der Waals surface area contributed by atoms with Gasteiger partial charge in [0.15, 0.2) is 0 Å². The smallest absolute Gasteiger partial charge is 0.0247 e. The third-order valence-corrected chi connectivity index (χ3v) is 2.39. The highest BCUT2D eigenvalue weighted by Crippen LogP contribution is 2.16. The number of benzene rings is 1. The van der Waals surface area contributed by atoms with Crippen molar-refractivity contribution >= 4 is 22.0 Å². The number of hydrogen-bond acceptors (Lipinski definition) is 0. The average molecular weight is 237 g/mol. The molecular weight excluding hydrogens is 224 g/mol. The second-order valence-corrected chi connectivity index (χ2v) is 3.57. The van der Waals surface area contributed by atoms with Crippen molar-refractivity contribution in [3.05, 3.63) is 52.5 Å². The van der Waals surface area contributed by atoms with Crippen LogP contribution in [0.25, 0.3) is 6.08 Å². The highest BCUT2D eigenvalue weighted by molar-refractivity contribution is 9.10. The average Bonchev–Trinajstić information content (AvgIpc) is 2.15. The van der Waals surface area contributed by atoms with Crippen molar-refractivity contribution in [1.29, 1.82) is 0 Å². The molecule has 1 rings (SSSR count). The van der Waals surface area contributed by atoms with Crippen molar-refractivity contribution in [2.45, 2.75) is 13.3 Å². The lowest BCUT2D eigenvalue weighted by molar-refractivity contribution is 1.22. The van der Waals surface area contributed by atoms with E-state index in [1.165, 1.54) is 5.56 Å². The van der Waals surface area contributed by atoms with Gasteiger partial charge in [-0.25, -0.2) is 0 Å². The molecule has 0 unspecified atom stereocenters. The Labute approximate surface area is 88.1 Å².